The maximum absolute atomic E-state index is 13.2. The Bertz CT molecular complexity index is 438. The summed E-state index contributed by atoms with van der Waals surface area (Å²) in [6, 6.07) is 6.21. The molecule has 1 nitrogen and oxygen atoms in total. The molecule has 98 valence electrons. The molecule has 2 saturated carbocycles. The standard InChI is InChI=1S/C15H19BrFN/c16-13-8-11(2-5-14(13)17)9-15(6-1-7-15)10-18-12-3-4-12/h2,5,8,12,18H,1,3-4,6-7,9-10H2. The summed E-state index contributed by atoms with van der Waals surface area (Å²) in [5.74, 6) is -0.169. The van der Waals surface area contributed by atoms with Crippen molar-refractivity contribution in [3.8, 4) is 0 Å². The van der Waals surface area contributed by atoms with E-state index in [-0.39, 0.29) is 5.82 Å². The lowest BCUT2D eigenvalue weighted by Crippen LogP contribution is -2.42. The van der Waals surface area contributed by atoms with Crippen LogP contribution in [-0.2, 0) is 6.42 Å². The van der Waals surface area contributed by atoms with Gasteiger partial charge in [-0.15, -0.1) is 0 Å². The molecule has 0 heterocycles. The predicted octanol–water partition coefficient (Wildman–Crippen LogP) is 4.05. The highest BCUT2D eigenvalue weighted by atomic mass is 79.9. The first kappa shape index (κ1) is 12.6. The van der Waals surface area contributed by atoms with Crippen molar-refractivity contribution in [3.63, 3.8) is 0 Å². The summed E-state index contributed by atoms with van der Waals surface area (Å²) in [6.45, 7) is 1.13. The number of halogens is 2. The molecule has 0 spiro atoms. The van der Waals surface area contributed by atoms with Crippen LogP contribution in [0.2, 0.25) is 0 Å². The van der Waals surface area contributed by atoms with Crippen LogP contribution in [0.15, 0.2) is 22.7 Å². The Kier molecular flexibility index (Phi) is 3.46. The summed E-state index contributed by atoms with van der Waals surface area (Å²) in [4.78, 5) is 0. The third-order valence-electron chi connectivity index (χ3n) is 4.32. The molecule has 0 aromatic heterocycles. The van der Waals surface area contributed by atoms with Crippen LogP contribution in [-0.4, -0.2) is 12.6 Å². The van der Waals surface area contributed by atoms with Crippen molar-refractivity contribution in [3.05, 3.63) is 34.1 Å². The van der Waals surface area contributed by atoms with E-state index in [4.69, 9.17) is 0 Å². The van der Waals surface area contributed by atoms with Crippen molar-refractivity contribution in [2.75, 3.05) is 6.54 Å². The molecule has 1 aromatic carbocycles. The first-order valence-corrected chi connectivity index (χ1v) is 7.64. The van der Waals surface area contributed by atoms with Gasteiger partial charge in [0.05, 0.1) is 4.47 Å². The van der Waals surface area contributed by atoms with Crippen LogP contribution in [0.3, 0.4) is 0 Å². The van der Waals surface area contributed by atoms with E-state index in [1.165, 1.54) is 37.7 Å². The number of hydrogen-bond acceptors (Lipinski definition) is 1. The molecule has 0 unspecified atom stereocenters. The minimum atomic E-state index is -0.169. The minimum absolute atomic E-state index is 0.169. The molecule has 3 heteroatoms. The van der Waals surface area contributed by atoms with Gasteiger partial charge in [0.2, 0.25) is 0 Å². The highest BCUT2D eigenvalue weighted by molar-refractivity contribution is 9.10. The fraction of sp³-hybridized carbons (Fsp3) is 0.600. The molecule has 2 aliphatic carbocycles. The molecule has 0 aliphatic heterocycles. The van der Waals surface area contributed by atoms with Gasteiger partial charge in [-0.1, -0.05) is 12.5 Å². The predicted molar refractivity (Wildman–Crippen MR) is 75.1 cm³/mol. The first-order valence-electron chi connectivity index (χ1n) is 6.84. The number of rotatable bonds is 5. The largest absolute Gasteiger partial charge is 0.313 e. The summed E-state index contributed by atoms with van der Waals surface area (Å²) >= 11 is 3.28. The quantitative estimate of drug-likeness (QED) is 0.865. The molecule has 1 N–H and O–H groups in total. The van der Waals surface area contributed by atoms with Crippen molar-refractivity contribution < 1.29 is 4.39 Å². The lowest BCUT2D eigenvalue weighted by molar-refractivity contribution is 0.129. The van der Waals surface area contributed by atoms with Crippen LogP contribution < -0.4 is 5.32 Å². The van der Waals surface area contributed by atoms with E-state index in [0.29, 0.717) is 9.89 Å². The Morgan fingerprint density at radius 2 is 2.11 bits per heavy atom. The van der Waals surface area contributed by atoms with Gasteiger partial charge in [0.15, 0.2) is 0 Å². The van der Waals surface area contributed by atoms with Crippen molar-refractivity contribution >= 4 is 15.9 Å². The van der Waals surface area contributed by atoms with Crippen LogP contribution in [0.25, 0.3) is 0 Å². The zero-order chi connectivity index (χ0) is 12.6. The molecule has 0 radical (unpaired) electrons. The van der Waals surface area contributed by atoms with Crippen LogP contribution >= 0.6 is 15.9 Å². The summed E-state index contributed by atoms with van der Waals surface area (Å²) in [6.07, 6.45) is 7.72. The summed E-state index contributed by atoms with van der Waals surface area (Å²) in [7, 11) is 0. The lowest BCUT2D eigenvalue weighted by atomic mass is 9.65. The van der Waals surface area contributed by atoms with Gasteiger partial charge >= 0.3 is 0 Å². The Morgan fingerprint density at radius 1 is 1.33 bits per heavy atom. The highest BCUT2D eigenvalue weighted by Crippen LogP contribution is 2.44. The van der Waals surface area contributed by atoms with Gasteiger partial charge in [-0.05, 0) is 71.1 Å². The smallest absolute Gasteiger partial charge is 0.137 e. The summed E-state index contributed by atoms with van der Waals surface area (Å²) in [5.41, 5.74) is 1.68. The van der Waals surface area contributed by atoms with E-state index >= 15 is 0 Å². The number of hydrogen-bond donors (Lipinski definition) is 1. The lowest BCUT2D eigenvalue weighted by Gasteiger charge is -2.42. The number of benzene rings is 1. The fourth-order valence-corrected chi connectivity index (χ4v) is 3.25. The van der Waals surface area contributed by atoms with Crippen molar-refractivity contribution in [1.29, 1.82) is 0 Å². The fourth-order valence-electron chi connectivity index (χ4n) is 2.82. The maximum atomic E-state index is 13.2. The Hall–Kier alpha value is -0.410. The zero-order valence-corrected chi connectivity index (χ0v) is 12.1. The molecule has 0 amide bonds. The molecule has 0 atom stereocenters. The molecule has 2 aliphatic rings. The first-order chi connectivity index (χ1) is 8.67. The summed E-state index contributed by atoms with van der Waals surface area (Å²) < 4.78 is 13.8. The molecule has 0 saturated heterocycles. The van der Waals surface area contributed by atoms with Crippen LogP contribution in [0.4, 0.5) is 4.39 Å². The highest BCUT2D eigenvalue weighted by Gasteiger charge is 2.38. The van der Waals surface area contributed by atoms with Gasteiger partial charge in [0.1, 0.15) is 5.82 Å². The van der Waals surface area contributed by atoms with Crippen LogP contribution in [0, 0.1) is 11.2 Å². The van der Waals surface area contributed by atoms with E-state index in [1.807, 2.05) is 12.1 Å². The topological polar surface area (TPSA) is 12.0 Å². The third-order valence-corrected chi connectivity index (χ3v) is 4.93. The van der Waals surface area contributed by atoms with E-state index in [1.54, 1.807) is 6.07 Å². The van der Waals surface area contributed by atoms with E-state index < -0.39 is 0 Å². The number of nitrogens with one attached hydrogen (secondary N) is 1. The third kappa shape index (κ3) is 2.77. The summed E-state index contributed by atoms with van der Waals surface area (Å²) in [5, 5.41) is 3.66. The van der Waals surface area contributed by atoms with Crippen LogP contribution in [0.5, 0.6) is 0 Å². The van der Waals surface area contributed by atoms with Gasteiger partial charge in [-0.2, -0.15) is 0 Å². The van der Waals surface area contributed by atoms with Gasteiger partial charge in [-0.3, -0.25) is 0 Å². The zero-order valence-electron chi connectivity index (χ0n) is 10.5. The second-order valence-corrected chi connectivity index (χ2v) is 6.79. The average Bonchev–Trinajstić information content (AvgIpc) is 3.11. The second kappa shape index (κ2) is 4.93. The Balaban J connectivity index is 1.66. The Morgan fingerprint density at radius 3 is 2.67 bits per heavy atom. The average molecular weight is 312 g/mol. The minimum Gasteiger partial charge on any atom is -0.313 e. The van der Waals surface area contributed by atoms with Crippen LogP contribution in [0.1, 0.15) is 37.7 Å². The monoisotopic (exact) mass is 311 g/mol. The molecule has 3 rings (SSSR count). The van der Waals surface area contributed by atoms with Crippen molar-refractivity contribution in [2.24, 2.45) is 5.41 Å². The van der Waals surface area contributed by atoms with Gasteiger partial charge in [-0.25, -0.2) is 4.39 Å². The Labute approximate surface area is 116 Å². The molecule has 0 bridgehead atoms. The van der Waals surface area contributed by atoms with Crippen molar-refractivity contribution in [2.45, 2.75) is 44.6 Å². The molecule has 2 fully saturated rings. The SMILES string of the molecule is Fc1ccc(CC2(CNC3CC3)CCC2)cc1Br. The maximum Gasteiger partial charge on any atom is 0.137 e. The van der Waals surface area contributed by atoms with Crippen molar-refractivity contribution in [1.82, 2.24) is 5.32 Å². The molecule has 18 heavy (non-hydrogen) atoms. The van der Waals surface area contributed by atoms with E-state index in [0.717, 1.165) is 19.0 Å². The second-order valence-electron chi connectivity index (χ2n) is 5.93. The molecular formula is C15H19BrFN. The van der Waals surface area contributed by atoms with E-state index in [2.05, 4.69) is 21.2 Å². The molecule has 1 aromatic rings. The van der Waals surface area contributed by atoms with Gasteiger partial charge in [0, 0.05) is 12.6 Å². The van der Waals surface area contributed by atoms with E-state index in [9.17, 15) is 4.39 Å². The molecular weight excluding hydrogens is 293 g/mol. The van der Waals surface area contributed by atoms with Gasteiger partial charge < -0.3 is 5.32 Å². The van der Waals surface area contributed by atoms with Gasteiger partial charge in [0.25, 0.3) is 0 Å². The normalized spacial score (nSPS) is 21.7.